The third-order valence-electron chi connectivity index (χ3n) is 3.22. The van der Waals surface area contributed by atoms with Gasteiger partial charge in [-0.05, 0) is 38.1 Å². The molecule has 20 heavy (non-hydrogen) atoms. The number of aryl methyl sites for hydroxylation is 2. The van der Waals surface area contributed by atoms with Crippen molar-refractivity contribution in [1.29, 1.82) is 0 Å². The van der Waals surface area contributed by atoms with Crippen LogP contribution in [0.5, 0.6) is 5.75 Å². The van der Waals surface area contributed by atoms with Crippen LogP contribution in [0.15, 0.2) is 24.3 Å². The average Bonchev–Trinajstić information content (AvgIpc) is 2.73. The van der Waals surface area contributed by atoms with Crippen LogP contribution in [0.1, 0.15) is 23.1 Å². The molecule has 2 aromatic rings. The van der Waals surface area contributed by atoms with Gasteiger partial charge in [-0.15, -0.1) is 0 Å². The minimum Gasteiger partial charge on any atom is -0.508 e. The number of rotatable bonds is 3. The van der Waals surface area contributed by atoms with Crippen LogP contribution >= 0.6 is 0 Å². The SMILES string of the molecule is CCn1nc(C)c(N)c1C(=O)N(C)c1ccc(O)cc1. The van der Waals surface area contributed by atoms with Crippen LogP contribution in [0.2, 0.25) is 0 Å². The summed E-state index contributed by atoms with van der Waals surface area (Å²) in [6, 6.07) is 6.40. The number of nitrogens with two attached hydrogens (primary N) is 1. The molecule has 6 heteroatoms. The fourth-order valence-electron chi connectivity index (χ4n) is 2.00. The Hall–Kier alpha value is -2.50. The molecule has 1 heterocycles. The molecule has 1 amide bonds. The number of nitrogen functional groups attached to an aromatic ring is 1. The Morgan fingerprint density at radius 1 is 1.40 bits per heavy atom. The van der Waals surface area contributed by atoms with Gasteiger partial charge >= 0.3 is 0 Å². The molecule has 1 aromatic carbocycles. The molecule has 0 spiro atoms. The number of aromatic nitrogens is 2. The monoisotopic (exact) mass is 274 g/mol. The van der Waals surface area contributed by atoms with Gasteiger partial charge in [-0.1, -0.05) is 0 Å². The molecule has 2 rings (SSSR count). The number of phenols is 1. The van der Waals surface area contributed by atoms with Gasteiger partial charge in [0.05, 0.1) is 11.4 Å². The fraction of sp³-hybridized carbons (Fsp3) is 0.286. The Bertz CT molecular complexity index is 631. The number of hydrogen-bond donors (Lipinski definition) is 2. The zero-order chi connectivity index (χ0) is 14.9. The molecule has 0 atom stereocenters. The summed E-state index contributed by atoms with van der Waals surface area (Å²) in [4.78, 5) is 14.1. The Labute approximate surface area is 117 Å². The number of amides is 1. The van der Waals surface area contributed by atoms with E-state index < -0.39 is 0 Å². The minimum atomic E-state index is -0.226. The van der Waals surface area contributed by atoms with Crippen molar-refractivity contribution in [1.82, 2.24) is 9.78 Å². The van der Waals surface area contributed by atoms with Crippen molar-refractivity contribution in [3.05, 3.63) is 35.7 Å². The normalized spacial score (nSPS) is 10.6. The number of aromatic hydroxyl groups is 1. The summed E-state index contributed by atoms with van der Waals surface area (Å²) in [5, 5.41) is 13.5. The van der Waals surface area contributed by atoms with Gasteiger partial charge in [0.2, 0.25) is 0 Å². The molecule has 0 radical (unpaired) electrons. The van der Waals surface area contributed by atoms with Crippen LogP contribution in [0.25, 0.3) is 0 Å². The van der Waals surface area contributed by atoms with E-state index in [0.717, 1.165) is 0 Å². The van der Waals surface area contributed by atoms with Gasteiger partial charge in [-0.2, -0.15) is 5.10 Å². The first kappa shape index (κ1) is 13.9. The van der Waals surface area contributed by atoms with Gasteiger partial charge < -0.3 is 15.7 Å². The van der Waals surface area contributed by atoms with Gasteiger partial charge in [-0.25, -0.2) is 0 Å². The number of phenolic OH excluding ortho intramolecular Hbond substituents is 1. The van der Waals surface area contributed by atoms with Crippen LogP contribution in [-0.4, -0.2) is 27.8 Å². The first-order valence-electron chi connectivity index (χ1n) is 6.35. The van der Waals surface area contributed by atoms with E-state index in [1.54, 1.807) is 30.8 Å². The van der Waals surface area contributed by atoms with Crippen LogP contribution in [0, 0.1) is 6.92 Å². The van der Waals surface area contributed by atoms with E-state index in [1.165, 1.54) is 17.0 Å². The number of carbonyl (C=O) groups excluding carboxylic acids is 1. The molecule has 0 saturated heterocycles. The summed E-state index contributed by atoms with van der Waals surface area (Å²) < 4.78 is 1.60. The molecule has 0 bridgehead atoms. The molecular formula is C14H18N4O2. The Kier molecular flexibility index (Phi) is 3.65. The number of anilines is 2. The van der Waals surface area contributed by atoms with Crippen LogP contribution in [0.3, 0.4) is 0 Å². The second kappa shape index (κ2) is 5.24. The Morgan fingerprint density at radius 2 is 2.00 bits per heavy atom. The maximum atomic E-state index is 12.6. The van der Waals surface area contributed by atoms with E-state index in [4.69, 9.17) is 5.73 Å². The minimum absolute atomic E-state index is 0.156. The molecule has 0 unspecified atom stereocenters. The highest BCUT2D eigenvalue weighted by atomic mass is 16.3. The van der Waals surface area contributed by atoms with Gasteiger partial charge in [0, 0.05) is 19.3 Å². The molecule has 1 aromatic heterocycles. The Balaban J connectivity index is 2.38. The van der Waals surface area contributed by atoms with Crippen molar-refractivity contribution in [3.63, 3.8) is 0 Å². The maximum absolute atomic E-state index is 12.6. The van der Waals surface area contributed by atoms with E-state index in [0.29, 0.717) is 29.3 Å². The highest BCUT2D eigenvalue weighted by Gasteiger charge is 2.23. The summed E-state index contributed by atoms with van der Waals surface area (Å²) in [6.07, 6.45) is 0. The van der Waals surface area contributed by atoms with Crippen molar-refractivity contribution in [2.24, 2.45) is 0 Å². The number of hydrogen-bond acceptors (Lipinski definition) is 4. The lowest BCUT2D eigenvalue weighted by atomic mass is 10.2. The predicted octanol–water partition coefficient (Wildman–Crippen LogP) is 1.78. The lowest BCUT2D eigenvalue weighted by molar-refractivity contribution is 0.0983. The molecule has 0 aliphatic carbocycles. The third-order valence-corrected chi connectivity index (χ3v) is 3.22. The summed E-state index contributed by atoms with van der Waals surface area (Å²) >= 11 is 0. The summed E-state index contributed by atoms with van der Waals surface area (Å²) in [5.74, 6) is -0.0702. The third kappa shape index (κ3) is 2.32. The fourth-order valence-corrected chi connectivity index (χ4v) is 2.00. The largest absolute Gasteiger partial charge is 0.508 e. The quantitative estimate of drug-likeness (QED) is 0.893. The lowest BCUT2D eigenvalue weighted by Gasteiger charge is -2.18. The van der Waals surface area contributed by atoms with E-state index in [-0.39, 0.29) is 11.7 Å². The van der Waals surface area contributed by atoms with E-state index in [9.17, 15) is 9.90 Å². The first-order chi connectivity index (χ1) is 9.45. The van der Waals surface area contributed by atoms with Crippen LogP contribution in [-0.2, 0) is 6.54 Å². The zero-order valence-corrected chi connectivity index (χ0v) is 11.8. The summed E-state index contributed by atoms with van der Waals surface area (Å²) in [5.41, 5.74) is 8.07. The van der Waals surface area contributed by atoms with Gasteiger partial charge in [-0.3, -0.25) is 9.48 Å². The highest BCUT2D eigenvalue weighted by Crippen LogP contribution is 2.23. The zero-order valence-electron chi connectivity index (χ0n) is 11.8. The maximum Gasteiger partial charge on any atom is 0.278 e. The summed E-state index contributed by atoms with van der Waals surface area (Å²) in [6.45, 7) is 4.25. The molecule has 0 saturated carbocycles. The molecule has 0 fully saturated rings. The van der Waals surface area contributed by atoms with Crippen LogP contribution < -0.4 is 10.6 Å². The molecular weight excluding hydrogens is 256 g/mol. The molecule has 3 N–H and O–H groups in total. The number of nitrogens with zero attached hydrogens (tertiary/aromatic N) is 3. The average molecular weight is 274 g/mol. The van der Waals surface area contributed by atoms with Crippen molar-refractivity contribution >= 4 is 17.3 Å². The van der Waals surface area contributed by atoms with Gasteiger partial charge in [0.1, 0.15) is 11.4 Å². The highest BCUT2D eigenvalue weighted by molar-refractivity contribution is 6.08. The standard InChI is InChI=1S/C14H18N4O2/c1-4-18-13(12(15)9(2)16-18)14(20)17(3)10-5-7-11(19)8-6-10/h5-8,19H,4,15H2,1-3H3. The van der Waals surface area contributed by atoms with Gasteiger partial charge in [0.25, 0.3) is 5.91 Å². The van der Waals surface area contributed by atoms with Crippen molar-refractivity contribution in [2.75, 3.05) is 17.7 Å². The second-order valence-corrected chi connectivity index (χ2v) is 4.54. The molecule has 106 valence electrons. The summed E-state index contributed by atoms with van der Waals surface area (Å²) in [7, 11) is 1.66. The predicted molar refractivity (Wildman–Crippen MR) is 77.9 cm³/mol. The van der Waals surface area contributed by atoms with Gasteiger partial charge in [0.15, 0.2) is 0 Å². The Morgan fingerprint density at radius 3 is 2.55 bits per heavy atom. The topological polar surface area (TPSA) is 84.4 Å². The first-order valence-corrected chi connectivity index (χ1v) is 6.35. The second-order valence-electron chi connectivity index (χ2n) is 4.54. The van der Waals surface area contributed by atoms with Crippen LogP contribution in [0.4, 0.5) is 11.4 Å². The lowest BCUT2D eigenvalue weighted by Crippen LogP contribution is -2.29. The van der Waals surface area contributed by atoms with Crippen molar-refractivity contribution in [3.8, 4) is 5.75 Å². The van der Waals surface area contributed by atoms with E-state index >= 15 is 0 Å². The smallest absolute Gasteiger partial charge is 0.278 e. The van der Waals surface area contributed by atoms with E-state index in [1.807, 2.05) is 6.92 Å². The van der Waals surface area contributed by atoms with Crippen molar-refractivity contribution in [2.45, 2.75) is 20.4 Å². The molecule has 6 nitrogen and oxygen atoms in total. The molecule has 0 aliphatic heterocycles. The number of benzene rings is 1. The molecule has 0 aliphatic rings. The number of carbonyl (C=O) groups is 1. The van der Waals surface area contributed by atoms with Crippen molar-refractivity contribution < 1.29 is 9.90 Å². The van der Waals surface area contributed by atoms with E-state index in [2.05, 4.69) is 5.10 Å².